The number of tetrazole rings is 1. The number of nitrogens with two attached hydrogens (primary N) is 1. The monoisotopic (exact) mass is 321 g/mol. The van der Waals surface area contributed by atoms with Crippen molar-refractivity contribution in [3.05, 3.63) is 22.7 Å². The number of aromatic nitrogens is 4. The molecule has 1 saturated carbocycles. The average Bonchev–Trinajstić information content (AvgIpc) is 3.05. The summed E-state index contributed by atoms with van der Waals surface area (Å²) in [6.45, 7) is 0.892. The summed E-state index contributed by atoms with van der Waals surface area (Å²) in [7, 11) is 0. The molecule has 2 N–H and O–H groups in total. The van der Waals surface area contributed by atoms with Gasteiger partial charge in [-0.25, -0.2) is 4.68 Å². The molecule has 100 valence electrons. The summed E-state index contributed by atoms with van der Waals surface area (Å²) >= 11 is 3.51. The number of halogens is 1. The van der Waals surface area contributed by atoms with Gasteiger partial charge in [0.1, 0.15) is 0 Å². The first-order valence-electron chi connectivity index (χ1n) is 6.56. The summed E-state index contributed by atoms with van der Waals surface area (Å²) in [4.78, 5) is 0. The van der Waals surface area contributed by atoms with E-state index in [1.165, 1.54) is 25.7 Å². The van der Waals surface area contributed by atoms with E-state index in [-0.39, 0.29) is 0 Å². The zero-order chi connectivity index (χ0) is 13.2. The molecule has 0 atom stereocenters. The van der Waals surface area contributed by atoms with Crippen LogP contribution in [0.25, 0.3) is 11.4 Å². The molecular weight excluding hydrogens is 306 g/mol. The van der Waals surface area contributed by atoms with Crippen molar-refractivity contribution in [3.63, 3.8) is 0 Å². The van der Waals surface area contributed by atoms with Gasteiger partial charge in [-0.15, -0.1) is 5.10 Å². The number of nitrogen functional groups attached to an aromatic ring is 1. The number of hydrogen-bond donors (Lipinski definition) is 1. The van der Waals surface area contributed by atoms with Crippen LogP contribution in [0.15, 0.2) is 22.7 Å². The fourth-order valence-corrected chi connectivity index (χ4v) is 3.12. The number of nitrogens with zero attached hydrogens (tertiary/aromatic N) is 4. The minimum atomic E-state index is 0.696. The Bertz CT molecular complexity index is 574. The van der Waals surface area contributed by atoms with E-state index in [0.717, 1.165) is 22.4 Å². The molecule has 6 heteroatoms. The van der Waals surface area contributed by atoms with Crippen LogP contribution in [0.4, 0.5) is 5.69 Å². The van der Waals surface area contributed by atoms with Gasteiger partial charge in [0.25, 0.3) is 0 Å². The summed E-state index contributed by atoms with van der Waals surface area (Å²) in [5.41, 5.74) is 7.56. The van der Waals surface area contributed by atoms with Crippen LogP contribution in [-0.4, -0.2) is 20.2 Å². The van der Waals surface area contributed by atoms with E-state index in [9.17, 15) is 0 Å². The Morgan fingerprint density at radius 1 is 1.32 bits per heavy atom. The average molecular weight is 322 g/mol. The first-order valence-corrected chi connectivity index (χ1v) is 7.35. The molecule has 5 nitrogen and oxygen atoms in total. The highest BCUT2D eigenvalue weighted by molar-refractivity contribution is 9.10. The number of benzene rings is 1. The topological polar surface area (TPSA) is 69.6 Å². The molecule has 0 aliphatic heterocycles. The van der Waals surface area contributed by atoms with E-state index in [4.69, 9.17) is 5.73 Å². The van der Waals surface area contributed by atoms with E-state index >= 15 is 0 Å². The van der Waals surface area contributed by atoms with E-state index in [1.54, 1.807) is 0 Å². The highest BCUT2D eigenvalue weighted by atomic mass is 79.9. The second-order valence-corrected chi connectivity index (χ2v) is 5.84. The molecule has 1 aliphatic rings. The van der Waals surface area contributed by atoms with Crippen molar-refractivity contribution >= 4 is 21.6 Å². The van der Waals surface area contributed by atoms with Crippen LogP contribution in [0, 0.1) is 5.92 Å². The lowest BCUT2D eigenvalue weighted by Crippen LogP contribution is -2.10. The normalized spacial score (nSPS) is 16.1. The van der Waals surface area contributed by atoms with Gasteiger partial charge in [0, 0.05) is 17.8 Å². The fraction of sp³-hybridized carbons (Fsp3) is 0.462. The van der Waals surface area contributed by atoms with Gasteiger partial charge < -0.3 is 5.73 Å². The first-order chi connectivity index (χ1) is 9.25. The molecule has 0 bridgehead atoms. The SMILES string of the molecule is Nc1cccc(-c2nnnn2CC2CCCC2)c1Br. The summed E-state index contributed by atoms with van der Waals surface area (Å²) in [5.74, 6) is 1.48. The first kappa shape index (κ1) is 12.6. The zero-order valence-electron chi connectivity index (χ0n) is 10.6. The third kappa shape index (κ3) is 2.49. The van der Waals surface area contributed by atoms with Gasteiger partial charge in [-0.2, -0.15) is 0 Å². The quantitative estimate of drug-likeness (QED) is 0.882. The maximum Gasteiger partial charge on any atom is 0.183 e. The second-order valence-electron chi connectivity index (χ2n) is 5.04. The lowest BCUT2D eigenvalue weighted by atomic mass is 10.1. The van der Waals surface area contributed by atoms with Gasteiger partial charge in [0.2, 0.25) is 0 Å². The van der Waals surface area contributed by atoms with Crippen LogP contribution >= 0.6 is 15.9 Å². The van der Waals surface area contributed by atoms with Crippen LogP contribution < -0.4 is 5.73 Å². The van der Waals surface area contributed by atoms with Crippen molar-refractivity contribution in [2.45, 2.75) is 32.2 Å². The highest BCUT2D eigenvalue weighted by Gasteiger charge is 2.20. The maximum absolute atomic E-state index is 5.92. The molecule has 0 unspecified atom stereocenters. The van der Waals surface area contributed by atoms with Crippen LogP contribution in [-0.2, 0) is 6.54 Å². The van der Waals surface area contributed by atoms with Crippen molar-refractivity contribution in [2.24, 2.45) is 5.92 Å². The number of anilines is 1. The molecule has 1 heterocycles. The minimum absolute atomic E-state index is 0.696. The van der Waals surface area contributed by atoms with Crippen molar-refractivity contribution in [1.29, 1.82) is 0 Å². The second kappa shape index (κ2) is 5.28. The Hall–Kier alpha value is -1.43. The van der Waals surface area contributed by atoms with Gasteiger partial charge in [-0.1, -0.05) is 18.9 Å². The highest BCUT2D eigenvalue weighted by Crippen LogP contribution is 2.32. The van der Waals surface area contributed by atoms with Crippen LogP contribution in [0.2, 0.25) is 0 Å². The number of rotatable bonds is 3. The molecule has 0 radical (unpaired) electrons. The molecule has 0 amide bonds. The summed E-state index contributed by atoms with van der Waals surface area (Å²) in [6, 6.07) is 5.76. The summed E-state index contributed by atoms with van der Waals surface area (Å²) in [5, 5.41) is 12.1. The van der Waals surface area contributed by atoms with Crippen LogP contribution in [0.3, 0.4) is 0 Å². The molecule has 1 aromatic heterocycles. The van der Waals surface area contributed by atoms with Gasteiger partial charge >= 0.3 is 0 Å². The van der Waals surface area contributed by atoms with Crippen LogP contribution in [0.1, 0.15) is 25.7 Å². The Kier molecular flexibility index (Phi) is 3.50. The fourth-order valence-electron chi connectivity index (χ4n) is 2.68. The molecule has 19 heavy (non-hydrogen) atoms. The Balaban J connectivity index is 1.92. The standard InChI is InChI=1S/C13H16BrN5/c14-12-10(6-3-7-11(12)15)13-16-17-18-19(13)8-9-4-1-2-5-9/h3,6-7,9H,1-2,4-5,8,15H2. The molecule has 3 rings (SSSR count). The van der Waals surface area contributed by atoms with E-state index in [1.807, 2.05) is 22.9 Å². The van der Waals surface area contributed by atoms with Gasteiger partial charge in [-0.05, 0) is 57.2 Å². The third-order valence-corrected chi connectivity index (χ3v) is 4.59. The van der Waals surface area contributed by atoms with Gasteiger partial charge in [0.05, 0.1) is 4.47 Å². The maximum atomic E-state index is 5.92. The van der Waals surface area contributed by atoms with E-state index in [2.05, 4.69) is 31.5 Å². The van der Waals surface area contributed by atoms with Crippen molar-refractivity contribution in [1.82, 2.24) is 20.2 Å². The zero-order valence-corrected chi connectivity index (χ0v) is 12.2. The molecule has 0 spiro atoms. The Labute approximate surface area is 120 Å². The molecule has 1 aliphatic carbocycles. The lowest BCUT2D eigenvalue weighted by molar-refractivity contribution is 0.424. The smallest absolute Gasteiger partial charge is 0.183 e. The van der Waals surface area contributed by atoms with Gasteiger partial charge in [0.15, 0.2) is 5.82 Å². The molecule has 0 saturated heterocycles. The predicted molar refractivity (Wildman–Crippen MR) is 77.3 cm³/mol. The van der Waals surface area contributed by atoms with Crippen LogP contribution in [0.5, 0.6) is 0 Å². The third-order valence-electron chi connectivity index (χ3n) is 3.71. The van der Waals surface area contributed by atoms with E-state index < -0.39 is 0 Å². The van der Waals surface area contributed by atoms with Crippen molar-refractivity contribution < 1.29 is 0 Å². The Morgan fingerprint density at radius 3 is 2.89 bits per heavy atom. The Morgan fingerprint density at radius 2 is 2.11 bits per heavy atom. The molecule has 1 fully saturated rings. The molecule has 1 aromatic carbocycles. The minimum Gasteiger partial charge on any atom is -0.398 e. The van der Waals surface area contributed by atoms with Gasteiger partial charge in [-0.3, -0.25) is 0 Å². The van der Waals surface area contributed by atoms with Crippen molar-refractivity contribution in [2.75, 3.05) is 5.73 Å². The van der Waals surface area contributed by atoms with Crippen molar-refractivity contribution in [3.8, 4) is 11.4 Å². The summed E-state index contributed by atoms with van der Waals surface area (Å²) < 4.78 is 2.76. The predicted octanol–water partition coefficient (Wildman–Crippen LogP) is 2.88. The molecular formula is C13H16BrN5. The molecule has 2 aromatic rings. The lowest BCUT2D eigenvalue weighted by Gasteiger charge is -2.11. The summed E-state index contributed by atoms with van der Waals surface area (Å²) in [6.07, 6.45) is 5.20. The number of hydrogen-bond acceptors (Lipinski definition) is 4. The largest absolute Gasteiger partial charge is 0.398 e. The van der Waals surface area contributed by atoms with E-state index in [0.29, 0.717) is 11.6 Å².